The van der Waals surface area contributed by atoms with Gasteiger partial charge in [0.2, 0.25) is 0 Å². The smallest absolute Gasteiger partial charge is 0.335 e. The van der Waals surface area contributed by atoms with Crippen LogP contribution in [0.5, 0.6) is 0 Å². The highest BCUT2D eigenvalue weighted by Crippen LogP contribution is 2.13. The van der Waals surface area contributed by atoms with Gasteiger partial charge in [-0.15, -0.1) is 0 Å². The highest BCUT2D eigenvalue weighted by Gasteiger charge is 2.13. The van der Waals surface area contributed by atoms with Crippen LogP contribution in [0.1, 0.15) is 79.1 Å². The molecule has 2 unspecified atom stereocenters. The molecule has 0 radical (unpaired) electrons. The van der Waals surface area contributed by atoms with E-state index in [0.717, 1.165) is 51.4 Å². The lowest BCUT2D eigenvalue weighted by Crippen LogP contribution is -2.21. The molecule has 0 spiro atoms. The van der Waals surface area contributed by atoms with E-state index in [-0.39, 0.29) is 13.2 Å². The number of ether oxygens (including phenoxy) is 2. The molecular weight excluding hydrogens is 336 g/mol. The summed E-state index contributed by atoms with van der Waals surface area (Å²) in [5.74, 6) is -0.208. The summed E-state index contributed by atoms with van der Waals surface area (Å²) >= 11 is 0. The van der Waals surface area contributed by atoms with Crippen LogP contribution in [0.2, 0.25) is 0 Å². The van der Waals surface area contributed by atoms with E-state index in [1.807, 2.05) is 0 Å². The van der Waals surface area contributed by atoms with E-state index >= 15 is 0 Å². The molecule has 0 aliphatic rings. The quantitative estimate of drug-likeness (QED) is 0.162. The maximum Gasteiger partial charge on any atom is 0.335 e. The SMILES string of the molecule is CCCCC(CC)COC(=O)COOCC(=O)OCC(CC)CCCC. The average molecular weight is 375 g/mol. The van der Waals surface area contributed by atoms with E-state index in [2.05, 4.69) is 27.7 Å². The van der Waals surface area contributed by atoms with Crippen LogP contribution in [-0.4, -0.2) is 38.4 Å². The molecule has 0 rings (SSSR count). The molecule has 0 bridgehead atoms. The zero-order chi connectivity index (χ0) is 19.6. The number of esters is 2. The van der Waals surface area contributed by atoms with Crippen molar-refractivity contribution in [2.45, 2.75) is 79.1 Å². The predicted molar refractivity (Wildman–Crippen MR) is 100 cm³/mol. The Morgan fingerprint density at radius 1 is 0.692 bits per heavy atom. The molecule has 0 N–H and O–H groups in total. The maximum absolute atomic E-state index is 11.6. The number of hydrogen-bond donors (Lipinski definition) is 0. The summed E-state index contributed by atoms with van der Waals surface area (Å²) in [4.78, 5) is 32.7. The zero-order valence-electron chi connectivity index (χ0n) is 17.1. The van der Waals surface area contributed by atoms with Crippen molar-refractivity contribution in [2.24, 2.45) is 11.8 Å². The summed E-state index contributed by atoms with van der Waals surface area (Å²) in [6.07, 6.45) is 8.61. The Balaban J connectivity index is 3.73. The van der Waals surface area contributed by atoms with E-state index in [1.54, 1.807) is 0 Å². The molecule has 0 heterocycles. The van der Waals surface area contributed by atoms with Gasteiger partial charge >= 0.3 is 11.9 Å². The lowest BCUT2D eigenvalue weighted by Gasteiger charge is -2.15. The van der Waals surface area contributed by atoms with Crippen LogP contribution in [0.3, 0.4) is 0 Å². The summed E-state index contributed by atoms with van der Waals surface area (Å²) in [5, 5.41) is 0. The number of unbranched alkanes of at least 4 members (excludes halogenated alkanes) is 2. The molecule has 0 saturated carbocycles. The van der Waals surface area contributed by atoms with Crippen LogP contribution in [-0.2, 0) is 28.8 Å². The summed E-state index contributed by atoms with van der Waals surface area (Å²) in [5.41, 5.74) is 0. The number of carbonyl (C=O) groups is 2. The second-order valence-corrected chi connectivity index (χ2v) is 6.72. The first kappa shape index (κ1) is 24.9. The van der Waals surface area contributed by atoms with Crippen molar-refractivity contribution in [1.29, 1.82) is 0 Å². The molecule has 0 aromatic carbocycles. The molecule has 0 aromatic heterocycles. The Hall–Kier alpha value is -1.14. The fourth-order valence-electron chi connectivity index (χ4n) is 2.48. The minimum Gasteiger partial charge on any atom is -0.464 e. The summed E-state index contributed by atoms with van der Waals surface area (Å²) in [7, 11) is 0. The van der Waals surface area contributed by atoms with Crippen molar-refractivity contribution in [3.63, 3.8) is 0 Å². The number of carbonyl (C=O) groups excluding carboxylic acids is 2. The van der Waals surface area contributed by atoms with Gasteiger partial charge in [0.05, 0.1) is 13.2 Å². The van der Waals surface area contributed by atoms with Crippen molar-refractivity contribution in [2.75, 3.05) is 26.4 Å². The normalized spacial score (nSPS) is 13.2. The third-order valence-electron chi connectivity index (χ3n) is 4.48. The van der Waals surface area contributed by atoms with Crippen molar-refractivity contribution >= 4 is 11.9 Å². The van der Waals surface area contributed by atoms with Gasteiger partial charge in [0, 0.05) is 0 Å². The Morgan fingerprint density at radius 2 is 1.08 bits per heavy atom. The molecule has 0 aromatic rings. The highest BCUT2D eigenvalue weighted by molar-refractivity contribution is 5.71. The first-order valence-corrected chi connectivity index (χ1v) is 10.1. The highest BCUT2D eigenvalue weighted by atomic mass is 17.2. The molecule has 0 aliphatic carbocycles. The topological polar surface area (TPSA) is 71.1 Å². The zero-order valence-corrected chi connectivity index (χ0v) is 17.1. The Labute approximate surface area is 158 Å². The fourth-order valence-corrected chi connectivity index (χ4v) is 2.48. The van der Waals surface area contributed by atoms with E-state index in [9.17, 15) is 9.59 Å². The molecule has 26 heavy (non-hydrogen) atoms. The summed E-state index contributed by atoms with van der Waals surface area (Å²) in [6, 6.07) is 0. The molecule has 0 aliphatic heterocycles. The Bertz CT molecular complexity index is 324. The van der Waals surface area contributed by atoms with Crippen molar-refractivity contribution in [3.05, 3.63) is 0 Å². The fraction of sp³-hybridized carbons (Fsp3) is 0.900. The van der Waals surface area contributed by atoms with Gasteiger partial charge in [-0.3, -0.25) is 0 Å². The van der Waals surface area contributed by atoms with Gasteiger partial charge in [-0.1, -0.05) is 66.2 Å². The van der Waals surface area contributed by atoms with E-state index < -0.39 is 11.9 Å². The monoisotopic (exact) mass is 374 g/mol. The number of rotatable bonds is 17. The maximum atomic E-state index is 11.6. The lowest BCUT2D eigenvalue weighted by molar-refractivity contribution is -0.291. The van der Waals surface area contributed by atoms with Crippen LogP contribution in [0.25, 0.3) is 0 Å². The first-order chi connectivity index (χ1) is 12.6. The molecule has 0 saturated heterocycles. The largest absolute Gasteiger partial charge is 0.464 e. The summed E-state index contributed by atoms with van der Waals surface area (Å²) < 4.78 is 10.3. The summed E-state index contributed by atoms with van der Waals surface area (Å²) in [6.45, 7) is 8.60. The third kappa shape index (κ3) is 14.1. The molecule has 154 valence electrons. The Morgan fingerprint density at radius 3 is 1.38 bits per heavy atom. The molecule has 0 amide bonds. The van der Waals surface area contributed by atoms with Gasteiger partial charge in [-0.25, -0.2) is 19.4 Å². The number of hydrogen-bond acceptors (Lipinski definition) is 6. The van der Waals surface area contributed by atoms with Gasteiger partial charge in [0.1, 0.15) is 0 Å². The molecule has 0 fully saturated rings. The second kappa shape index (κ2) is 17.3. The van der Waals surface area contributed by atoms with Crippen LogP contribution in [0.4, 0.5) is 0 Å². The molecular formula is C20H38O6. The second-order valence-electron chi connectivity index (χ2n) is 6.72. The van der Waals surface area contributed by atoms with Gasteiger partial charge in [-0.05, 0) is 24.7 Å². The molecule has 6 heteroatoms. The van der Waals surface area contributed by atoms with E-state index in [4.69, 9.17) is 19.2 Å². The minimum atomic E-state index is -0.487. The minimum absolute atomic E-state index is 0.328. The van der Waals surface area contributed by atoms with Gasteiger partial charge in [-0.2, -0.15) is 0 Å². The van der Waals surface area contributed by atoms with Crippen molar-refractivity contribution in [1.82, 2.24) is 0 Å². The van der Waals surface area contributed by atoms with Crippen LogP contribution >= 0.6 is 0 Å². The predicted octanol–water partition coefficient (Wildman–Crippen LogP) is 4.45. The van der Waals surface area contributed by atoms with Gasteiger partial charge in [0.25, 0.3) is 0 Å². The standard InChI is InChI=1S/C20H38O6/c1-5-9-11-17(7-3)13-23-19(21)15-25-26-16-20(22)24-14-18(8-4)12-10-6-2/h17-18H,5-16H2,1-4H3. The Kier molecular flexibility index (Phi) is 16.5. The van der Waals surface area contributed by atoms with Gasteiger partial charge in [0.15, 0.2) is 13.2 Å². The van der Waals surface area contributed by atoms with Crippen LogP contribution < -0.4 is 0 Å². The van der Waals surface area contributed by atoms with Crippen molar-refractivity contribution < 1.29 is 28.8 Å². The first-order valence-electron chi connectivity index (χ1n) is 10.1. The molecule has 6 nitrogen and oxygen atoms in total. The molecule has 2 atom stereocenters. The average Bonchev–Trinajstić information content (AvgIpc) is 2.65. The lowest BCUT2D eigenvalue weighted by atomic mass is 10.0. The van der Waals surface area contributed by atoms with Crippen molar-refractivity contribution in [3.8, 4) is 0 Å². The van der Waals surface area contributed by atoms with E-state index in [0.29, 0.717) is 25.0 Å². The van der Waals surface area contributed by atoms with Crippen LogP contribution in [0.15, 0.2) is 0 Å². The third-order valence-corrected chi connectivity index (χ3v) is 4.48. The van der Waals surface area contributed by atoms with Crippen LogP contribution in [0, 0.1) is 11.8 Å². The van der Waals surface area contributed by atoms with Gasteiger partial charge < -0.3 is 9.47 Å². The van der Waals surface area contributed by atoms with E-state index in [1.165, 1.54) is 0 Å².